The molecule has 21 heavy (non-hydrogen) atoms. The van der Waals surface area contributed by atoms with Gasteiger partial charge in [-0.1, -0.05) is 23.5 Å². The predicted octanol–water partition coefficient (Wildman–Crippen LogP) is 3.90. The number of para-hydroxylation sites is 1. The summed E-state index contributed by atoms with van der Waals surface area (Å²) in [6, 6.07) is 8.44. The molecule has 1 aliphatic rings. The van der Waals surface area contributed by atoms with Crippen LogP contribution in [0.15, 0.2) is 24.3 Å². The second-order valence-corrected chi connectivity index (χ2v) is 8.06. The third-order valence-electron chi connectivity index (χ3n) is 3.99. The fourth-order valence-corrected chi connectivity index (χ4v) is 3.85. The summed E-state index contributed by atoms with van der Waals surface area (Å²) < 4.78 is 1.29. The first-order valence-electron chi connectivity index (χ1n) is 7.87. The molecule has 1 aromatic heterocycles. The Morgan fingerprint density at radius 2 is 2.14 bits per heavy atom. The van der Waals surface area contributed by atoms with Gasteiger partial charge in [-0.25, -0.2) is 4.98 Å². The molecule has 1 atom stereocenters. The lowest BCUT2D eigenvalue weighted by Gasteiger charge is -2.34. The Morgan fingerprint density at radius 3 is 2.90 bits per heavy atom. The molecule has 0 amide bonds. The van der Waals surface area contributed by atoms with Crippen LogP contribution in [0.4, 0.5) is 5.13 Å². The zero-order valence-corrected chi connectivity index (χ0v) is 14.0. The van der Waals surface area contributed by atoms with E-state index in [9.17, 15) is 0 Å². The average Bonchev–Trinajstić information content (AvgIpc) is 2.89. The molecule has 2 heterocycles. The van der Waals surface area contributed by atoms with Gasteiger partial charge in [0.05, 0.1) is 10.2 Å². The Morgan fingerprint density at radius 1 is 1.33 bits per heavy atom. The monoisotopic (exact) mass is 303 g/mol. The first-order chi connectivity index (χ1) is 10.0. The van der Waals surface area contributed by atoms with E-state index >= 15 is 0 Å². The Hall–Kier alpha value is -1.13. The summed E-state index contributed by atoms with van der Waals surface area (Å²) in [5.74, 6) is 0.727. The largest absolute Gasteiger partial charge is 0.348 e. The van der Waals surface area contributed by atoms with Gasteiger partial charge in [-0.15, -0.1) is 0 Å². The molecule has 1 aromatic carbocycles. The van der Waals surface area contributed by atoms with Crippen molar-refractivity contribution >= 4 is 26.7 Å². The van der Waals surface area contributed by atoms with Crippen molar-refractivity contribution in [2.45, 2.75) is 39.2 Å². The van der Waals surface area contributed by atoms with Crippen molar-refractivity contribution in [1.29, 1.82) is 0 Å². The van der Waals surface area contributed by atoms with Crippen LogP contribution in [0.2, 0.25) is 0 Å². The van der Waals surface area contributed by atoms with Crippen LogP contribution in [-0.4, -0.2) is 30.2 Å². The van der Waals surface area contributed by atoms with E-state index < -0.39 is 0 Å². The SMILES string of the molecule is CC(C)(C)NCC1CCCN(c2nc3ccccc3s2)C1. The highest BCUT2D eigenvalue weighted by atomic mass is 32.1. The molecule has 1 N–H and O–H groups in total. The maximum atomic E-state index is 4.80. The Bertz CT molecular complexity index is 566. The van der Waals surface area contributed by atoms with Crippen LogP contribution in [0, 0.1) is 5.92 Å². The van der Waals surface area contributed by atoms with Gasteiger partial charge in [-0.05, 0) is 51.7 Å². The summed E-state index contributed by atoms with van der Waals surface area (Å²) in [5, 5.41) is 4.84. The molecule has 0 bridgehead atoms. The summed E-state index contributed by atoms with van der Waals surface area (Å²) in [6.07, 6.45) is 2.59. The van der Waals surface area contributed by atoms with Gasteiger partial charge in [0.25, 0.3) is 0 Å². The molecule has 1 fully saturated rings. The number of aromatic nitrogens is 1. The third kappa shape index (κ3) is 3.74. The van der Waals surface area contributed by atoms with Crippen molar-refractivity contribution in [3.8, 4) is 0 Å². The smallest absolute Gasteiger partial charge is 0.186 e. The van der Waals surface area contributed by atoms with Gasteiger partial charge < -0.3 is 10.2 Å². The summed E-state index contributed by atoms with van der Waals surface area (Å²) in [7, 11) is 0. The van der Waals surface area contributed by atoms with Gasteiger partial charge in [0.2, 0.25) is 0 Å². The number of benzene rings is 1. The molecule has 0 radical (unpaired) electrons. The van der Waals surface area contributed by atoms with Gasteiger partial charge in [0.1, 0.15) is 0 Å². The number of nitrogens with one attached hydrogen (secondary N) is 1. The van der Waals surface area contributed by atoms with Gasteiger partial charge >= 0.3 is 0 Å². The molecule has 1 saturated heterocycles. The lowest BCUT2D eigenvalue weighted by Crippen LogP contribution is -2.44. The van der Waals surface area contributed by atoms with Gasteiger partial charge in [0, 0.05) is 25.2 Å². The highest BCUT2D eigenvalue weighted by Gasteiger charge is 2.23. The highest BCUT2D eigenvalue weighted by molar-refractivity contribution is 7.22. The average molecular weight is 303 g/mol. The van der Waals surface area contributed by atoms with E-state index in [1.54, 1.807) is 0 Å². The zero-order chi connectivity index (χ0) is 14.9. The number of hydrogen-bond acceptors (Lipinski definition) is 4. The fraction of sp³-hybridized carbons (Fsp3) is 0.588. The molecule has 0 saturated carbocycles. The van der Waals surface area contributed by atoms with Crippen LogP contribution in [0.1, 0.15) is 33.6 Å². The Labute approximate surface area is 131 Å². The molecular formula is C17H25N3S. The molecular weight excluding hydrogens is 278 g/mol. The minimum atomic E-state index is 0.206. The second kappa shape index (κ2) is 5.93. The van der Waals surface area contributed by atoms with Gasteiger partial charge in [-0.3, -0.25) is 0 Å². The number of fused-ring (bicyclic) bond motifs is 1. The normalized spacial score (nSPS) is 20.1. The minimum Gasteiger partial charge on any atom is -0.348 e. The van der Waals surface area contributed by atoms with Crippen LogP contribution in [0.3, 0.4) is 0 Å². The van der Waals surface area contributed by atoms with Crippen molar-refractivity contribution < 1.29 is 0 Å². The van der Waals surface area contributed by atoms with Crippen molar-refractivity contribution in [2.24, 2.45) is 5.92 Å². The van der Waals surface area contributed by atoms with Crippen molar-refractivity contribution in [2.75, 3.05) is 24.5 Å². The molecule has 3 nitrogen and oxygen atoms in total. The first kappa shape index (κ1) is 14.8. The van der Waals surface area contributed by atoms with Crippen LogP contribution in [0.25, 0.3) is 10.2 Å². The fourth-order valence-electron chi connectivity index (χ4n) is 2.85. The van der Waals surface area contributed by atoms with Crippen LogP contribution in [0.5, 0.6) is 0 Å². The Balaban J connectivity index is 1.68. The summed E-state index contributed by atoms with van der Waals surface area (Å²) in [4.78, 5) is 7.28. The lowest BCUT2D eigenvalue weighted by molar-refractivity contribution is 0.335. The van der Waals surface area contributed by atoms with Crippen molar-refractivity contribution in [3.63, 3.8) is 0 Å². The summed E-state index contributed by atoms with van der Waals surface area (Å²) in [5.41, 5.74) is 1.34. The summed E-state index contributed by atoms with van der Waals surface area (Å²) >= 11 is 1.82. The van der Waals surface area contributed by atoms with Crippen molar-refractivity contribution in [1.82, 2.24) is 10.3 Å². The number of anilines is 1. The quantitative estimate of drug-likeness (QED) is 0.932. The zero-order valence-electron chi connectivity index (χ0n) is 13.2. The molecule has 1 aliphatic heterocycles. The van der Waals surface area contributed by atoms with E-state index in [4.69, 9.17) is 4.98 Å². The van der Waals surface area contributed by atoms with Crippen LogP contribution in [-0.2, 0) is 0 Å². The molecule has 3 rings (SSSR count). The van der Waals surface area contributed by atoms with E-state index in [0.29, 0.717) is 0 Å². The summed E-state index contributed by atoms with van der Waals surface area (Å²) in [6.45, 7) is 10.1. The number of thiazole rings is 1. The molecule has 4 heteroatoms. The number of rotatable bonds is 3. The van der Waals surface area contributed by atoms with E-state index in [1.165, 1.54) is 22.7 Å². The maximum absolute atomic E-state index is 4.80. The lowest BCUT2D eigenvalue weighted by atomic mass is 9.97. The van der Waals surface area contributed by atoms with E-state index in [0.717, 1.165) is 31.1 Å². The topological polar surface area (TPSA) is 28.2 Å². The first-order valence-corrected chi connectivity index (χ1v) is 8.68. The van der Waals surface area contributed by atoms with Crippen LogP contribution < -0.4 is 10.2 Å². The predicted molar refractivity (Wildman–Crippen MR) is 92.3 cm³/mol. The van der Waals surface area contributed by atoms with E-state index in [2.05, 4.69) is 55.3 Å². The van der Waals surface area contributed by atoms with Gasteiger partial charge in [0.15, 0.2) is 5.13 Å². The van der Waals surface area contributed by atoms with Crippen molar-refractivity contribution in [3.05, 3.63) is 24.3 Å². The standard InChI is InChI=1S/C17H25N3S/c1-17(2,3)18-11-13-7-6-10-20(12-13)16-19-14-8-4-5-9-15(14)21-16/h4-5,8-9,13,18H,6-7,10-12H2,1-3H3. The van der Waals surface area contributed by atoms with E-state index in [-0.39, 0.29) is 5.54 Å². The highest BCUT2D eigenvalue weighted by Crippen LogP contribution is 2.31. The number of hydrogen-bond donors (Lipinski definition) is 1. The van der Waals surface area contributed by atoms with Crippen LogP contribution >= 0.6 is 11.3 Å². The maximum Gasteiger partial charge on any atom is 0.186 e. The molecule has 0 spiro atoms. The molecule has 0 aliphatic carbocycles. The Kier molecular flexibility index (Phi) is 4.18. The molecule has 114 valence electrons. The van der Waals surface area contributed by atoms with Gasteiger partial charge in [-0.2, -0.15) is 0 Å². The van der Waals surface area contributed by atoms with E-state index in [1.807, 2.05) is 11.3 Å². The molecule has 1 unspecified atom stereocenters. The second-order valence-electron chi connectivity index (χ2n) is 7.05. The number of nitrogens with zero attached hydrogens (tertiary/aromatic N) is 2. The third-order valence-corrected chi connectivity index (χ3v) is 5.09. The number of piperidine rings is 1. The minimum absolute atomic E-state index is 0.206. The molecule has 2 aromatic rings.